The summed E-state index contributed by atoms with van der Waals surface area (Å²) in [6.07, 6.45) is -4.53. The van der Waals surface area contributed by atoms with Crippen molar-refractivity contribution in [3.63, 3.8) is 0 Å². The third kappa shape index (κ3) is 4.50. The maximum atomic E-state index is 12.8. The maximum Gasteiger partial charge on any atom is 0.417 e. The van der Waals surface area contributed by atoms with Gasteiger partial charge in [-0.2, -0.15) is 13.2 Å². The zero-order valence-electron chi connectivity index (χ0n) is 11.8. The Hall–Kier alpha value is -1.50. The van der Waals surface area contributed by atoms with E-state index in [0.717, 1.165) is 11.6 Å². The predicted molar refractivity (Wildman–Crippen MR) is 92.5 cm³/mol. The first kappa shape index (κ1) is 17.8. The molecule has 2 rings (SSSR count). The van der Waals surface area contributed by atoms with Crippen molar-refractivity contribution in [2.75, 3.05) is 10.6 Å². The van der Waals surface area contributed by atoms with Gasteiger partial charge >= 0.3 is 6.18 Å². The van der Waals surface area contributed by atoms with Crippen LogP contribution in [-0.2, 0) is 6.18 Å². The van der Waals surface area contributed by atoms with Crippen LogP contribution in [0, 0.1) is 6.92 Å². The fourth-order valence-electron chi connectivity index (χ4n) is 1.85. The van der Waals surface area contributed by atoms with Crippen molar-refractivity contribution in [1.29, 1.82) is 0 Å². The average Bonchev–Trinajstić information content (AvgIpc) is 2.45. The minimum Gasteiger partial charge on any atom is -0.332 e. The Morgan fingerprint density at radius 2 is 1.74 bits per heavy atom. The summed E-state index contributed by atoms with van der Waals surface area (Å²) in [5.41, 5.74) is 0.704. The second-order valence-corrected chi connectivity index (χ2v) is 5.91. The van der Waals surface area contributed by atoms with Crippen molar-refractivity contribution in [3.8, 4) is 0 Å². The standard InChI is InChI=1S/C15H11Cl2F3N2S/c1-8-11(16)3-2-4-13(8)22-14(23)21-9-5-6-12(17)10(7-9)15(18,19)20/h2-7H,1H3,(H2,21,22,23). The lowest BCUT2D eigenvalue weighted by Crippen LogP contribution is -2.20. The van der Waals surface area contributed by atoms with E-state index in [0.29, 0.717) is 10.7 Å². The largest absolute Gasteiger partial charge is 0.417 e. The van der Waals surface area contributed by atoms with Crippen LogP contribution in [-0.4, -0.2) is 5.11 Å². The molecule has 8 heteroatoms. The number of hydrogen-bond donors (Lipinski definition) is 2. The zero-order chi connectivity index (χ0) is 17.2. The highest BCUT2D eigenvalue weighted by molar-refractivity contribution is 7.80. The van der Waals surface area contributed by atoms with Crippen LogP contribution in [0.5, 0.6) is 0 Å². The molecule has 0 amide bonds. The first-order valence-corrected chi connectivity index (χ1v) is 7.55. The summed E-state index contributed by atoms with van der Waals surface area (Å²) in [4.78, 5) is 0. The van der Waals surface area contributed by atoms with Gasteiger partial charge in [-0.1, -0.05) is 29.3 Å². The summed E-state index contributed by atoms with van der Waals surface area (Å²) < 4.78 is 38.5. The fraction of sp³-hybridized carbons (Fsp3) is 0.133. The van der Waals surface area contributed by atoms with Gasteiger partial charge in [-0.25, -0.2) is 0 Å². The second-order valence-electron chi connectivity index (χ2n) is 4.68. The van der Waals surface area contributed by atoms with Gasteiger partial charge in [0.25, 0.3) is 0 Å². The predicted octanol–water partition coefficient (Wildman–Crippen LogP) is 6.13. The van der Waals surface area contributed by atoms with Crippen molar-refractivity contribution >= 4 is 51.9 Å². The van der Waals surface area contributed by atoms with Crippen LogP contribution in [0.3, 0.4) is 0 Å². The highest BCUT2D eigenvalue weighted by Crippen LogP contribution is 2.36. The summed E-state index contributed by atoms with van der Waals surface area (Å²) in [6.45, 7) is 1.80. The summed E-state index contributed by atoms with van der Waals surface area (Å²) >= 11 is 16.7. The van der Waals surface area contributed by atoms with Crippen LogP contribution in [0.4, 0.5) is 24.5 Å². The second kappa shape index (κ2) is 6.95. The van der Waals surface area contributed by atoms with Gasteiger partial charge in [-0.05, 0) is 55.0 Å². The van der Waals surface area contributed by atoms with Gasteiger partial charge in [-0.15, -0.1) is 0 Å². The molecule has 0 aromatic heterocycles. The lowest BCUT2D eigenvalue weighted by atomic mass is 10.2. The average molecular weight is 379 g/mol. The Balaban J connectivity index is 2.16. The number of rotatable bonds is 2. The molecule has 2 N–H and O–H groups in total. The molecule has 0 bridgehead atoms. The number of thiocarbonyl (C=S) groups is 1. The number of hydrogen-bond acceptors (Lipinski definition) is 1. The number of nitrogens with one attached hydrogen (secondary N) is 2. The Labute approximate surface area is 146 Å². The summed E-state index contributed by atoms with van der Waals surface area (Å²) in [7, 11) is 0. The number of alkyl halides is 3. The molecule has 2 aromatic carbocycles. The molecule has 0 aliphatic rings. The molecular formula is C15H11Cl2F3N2S. The summed E-state index contributed by atoms with van der Waals surface area (Å²) in [5, 5.41) is 5.92. The third-order valence-electron chi connectivity index (χ3n) is 3.05. The van der Waals surface area contributed by atoms with E-state index >= 15 is 0 Å². The SMILES string of the molecule is Cc1c(Cl)cccc1NC(=S)Nc1ccc(Cl)c(C(F)(F)F)c1. The first-order chi connectivity index (χ1) is 10.7. The van der Waals surface area contributed by atoms with Crippen molar-refractivity contribution < 1.29 is 13.2 Å². The third-order valence-corrected chi connectivity index (χ3v) is 3.99. The highest BCUT2D eigenvalue weighted by Gasteiger charge is 2.33. The van der Waals surface area contributed by atoms with Gasteiger partial charge in [0.15, 0.2) is 5.11 Å². The molecule has 0 saturated carbocycles. The van der Waals surface area contributed by atoms with Crippen LogP contribution in [0.2, 0.25) is 10.0 Å². The molecule has 0 fully saturated rings. The van der Waals surface area contributed by atoms with E-state index in [1.54, 1.807) is 25.1 Å². The van der Waals surface area contributed by atoms with E-state index < -0.39 is 11.7 Å². The van der Waals surface area contributed by atoms with E-state index in [2.05, 4.69) is 10.6 Å². The van der Waals surface area contributed by atoms with E-state index in [9.17, 15) is 13.2 Å². The monoisotopic (exact) mass is 378 g/mol. The van der Waals surface area contributed by atoms with E-state index in [1.165, 1.54) is 12.1 Å². The number of halogens is 5. The van der Waals surface area contributed by atoms with Gasteiger partial charge in [0.2, 0.25) is 0 Å². The van der Waals surface area contributed by atoms with Crippen LogP contribution < -0.4 is 10.6 Å². The van der Waals surface area contributed by atoms with Crippen LogP contribution in [0.25, 0.3) is 0 Å². The van der Waals surface area contributed by atoms with Crippen molar-refractivity contribution in [3.05, 3.63) is 57.6 Å². The molecular weight excluding hydrogens is 368 g/mol. The molecule has 0 atom stereocenters. The van der Waals surface area contributed by atoms with E-state index in [4.69, 9.17) is 35.4 Å². The van der Waals surface area contributed by atoms with Crippen LogP contribution in [0.1, 0.15) is 11.1 Å². The molecule has 0 unspecified atom stereocenters. The molecule has 0 heterocycles. The van der Waals surface area contributed by atoms with Gasteiger partial charge in [0.05, 0.1) is 10.6 Å². The minimum atomic E-state index is -4.53. The number of anilines is 2. The Bertz CT molecular complexity index is 748. The van der Waals surface area contributed by atoms with Gasteiger partial charge in [0, 0.05) is 16.4 Å². The Morgan fingerprint density at radius 1 is 1.04 bits per heavy atom. The molecule has 0 saturated heterocycles. The zero-order valence-corrected chi connectivity index (χ0v) is 14.1. The molecule has 0 radical (unpaired) electrons. The van der Waals surface area contributed by atoms with Crippen molar-refractivity contribution in [2.24, 2.45) is 0 Å². The molecule has 0 aliphatic heterocycles. The quantitative estimate of drug-likeness (QED) is 0.614. The Kier molecular flexibility index (Phi) is 5.39. The topological polar surface area (TPSA) is 24.1 Å². The van der Waals surface area contributed by atoms with Crippen molar-refractivity contribution in [1.82, 2.24) is 0 Å². The van der Waals surface area contributed by atoms with E-state index in [1.807, 2.05) is 0 Å². The smallest absolute Gasteiger partial charge is 0.332 e. The minimum absolute atomic E-state index is 0.144. The number of benzene rings is 2. The molecule has 23 heavy (non-hydrogen) atoms. The van der Waals surface area contributed by atoms with E-state index in [-0.39, 0.29) is 15.8 Å². The van der Waals surface area contributed by atoms with Gasteiger partial charge in [-0.3, -0.25) is 0 Å². The highest BCUT2D eigenvalue weighted by atomic mass is 35.5. The first-order valence-electron chi connectivity index (χ1n) is 6.38. The van der Waals surface area contributed by atoms with Crippen LogP contribution >= 0.6 is 35.4 Å². The van der Waals surface area contributed by atoms with Crippen LogP contribution in [0.15, 0.2) is 36.4 Å². The normalized spacial score (nSPS) is 11.2. The molecule has 2 aromatic rings. The molecule has 0 spiro atoms. The Morgan fingerprint density at radius 3 is 2.39 bits per heavy atom. The van der Waals surface area contributed by atoms with Gasteiger partial charge < -0.3 is 10.6 Å². The fourth-order valence-corrected chi connectivity index (χ4v) is 2.47. The molecule has 2 nitrogen and oxygen atoms in total. The van der Waals surface area contributed by atoms with Gasteiger partial charge in [0.1, 0.15) is 0 Å². The summed E-state index contributed by atoms with van der Waals surface area (Å²) in [5.74, 6) is 0. The molecule has 122 valence electrons. The maximum absolute atomic E-state index is 12.8. The molecule has 0 aliphatic carbocycles. The lowest BCUT2D eigenvalue weighted by Gasteiger charge is -2.15. The lowest BCUT2D eigenvalue weighted by molar-refractivity contribution is -0.137. The van der Waals surface area contributed by atoms with Crippen molar-refractivity contribution in [2.45, 2.75) is 13.1 Å². The summed E-state index contributed by atoms with van der Waals surface area (Å²) in [6, 6.07) is 8.72.